The van der Waals surface area contributed by atoms with Gasteiger partial charge in [-0.05, 0) is 6.07 Å². The molecule has 0 aromatic carbocycles. The smallest absolute Gasteiger partial charge is 0.392 e. The Morgan fingerprint density at radius 1 is 1.69 bits per heavy atom. The monoisotopic (exact) mass is 178 g/mol. The number of diazo groups is 1. The van der Waals surface area contributed by atoms with E-state index >= 15 is 0 Å². The van der Waals surface area contributed by atoms with Gasteiger partial charge in [0.15, 0.2) is 4.98 Å². The first kappa shape index (κ1) is 9.00. The van der Waals surface area contributed by atoms with Gasteiger partial charge < -0.3 is 9.84 Å². The van der Waals surface area contributed by atoms with Crippen LogP contribution < -0.4 is 4.74 Å². The zero-order valence-electron chi connectivity index (χ0n) is 7.01. The van der Waals surface area contributed by atoms with Crippen LogP contribution in [0.2, 0.25) is 0 Å². The minimum absolute atomic E-state index is 0.155. The normalized spacial score (nSPS) is 10.6. The SMILES string of the molecule is COc1ccc(/C(O)=C\[N+]#N)cn1. The summed E-state index contributed by atoms with van der Waals surface area (Å²) in [7, 11) is 1.50. The molecule has 0 aliphatic carbocycles. The predicted molar refractivity (Wildman–Crippen MR) is 46.5 cm³/mol. The lowest BCUT2D eigenvalue weighted by Crippen LogP contribution is -1.88. The molecule has 5 nitrogen and oxygen atoms in total. The summed E-state index contributed by atoms with van der Waals surface area (Å²) in [5.41, 5.74) is 0.457. The van der Waals surface area contributed by atoms with Crippen LogP contribution in [0.4, 0.5) is 0 Å². The molecule has 1 aromatic heterocycles. The second-order valence-electron chi connectivity index (χ2n) is 2.22. The number of nitrogens with zero attached hydrogens (tertiary/aromatic N) is 3. The van der Waals surface area contributed by atoms with Crippen molar-refractivity contribution in [3.63, 3.8) is 0 Å². The molecule has 1 aromatic rings. The number of ether oxygens (including phenoxy) is 1. The van der Waals surface area contributed by atoms with Gasteiger partial charge in [-0.3, -0.25) is 0 Å². The highest BCUT2D eigenvalue weighted by molar-refractivity contribution is 5.58. The van der Waals surface area contributed by atoms with Crippen LogP contribution in [-0.2, 0) is 0 Å². The Hall–Kier alpha value is -2.09. The fraction of sp³-hybridized carbons (Fsp3) is 0.125. The highest BCUT2D eigenvalue weighted by atomic mass is 16.5. The lowest BCUT2D eigenvalue weighted by Gasteiger charge is -1.98. The van der Waals surface area contributed by atoms with Crippen molar-refractivity contribution in [1.82, 2.24) is 4.98 Å². The number of hydrogen-bond donors (Lipinski definition) is 1. The molecule has 0 amide bonds. The maximum atomic E-state index is 9.21. The van der Waals surface area contributed by atoms with Gasteiger partial charge in [-0.1, -0.05) is 0 Å². The van der Waals surface area contributed by atoms with Gasteiger partial charge in [0.2, 0.25) is 17.0 Å². The van der Waals surface area contributed by atoms with Gasteiger partial charge in [-0.25, -0.2) is 4.98 Å². The molecule has 0 saturated heterocycles. The van der Waals surface area contributed by atoms with E-state index in [-0.39, 0.29) is 5.76 Å². The van der Waals surface area contributed by atoms with Gasteiger partial charge in [-0.2, -0.15) is 0 Å². The van der Waals surface area contributed by atoms with E-state index in [0.29, 0.717) is 11.4 Å². The molecule has 0 unspecified atom stereocenters. The van der Waals surface area contributed by atoms with E-state index in [2.05, 4.69) is 9.96 Å². The number of aliphatic hydroxyl groups excluding tert-OH is 1. The van der Waals surface area contributed by atoms with Crippen molar-refractivity contribution in [2.75, 3.05) is 7.11 Å². The molecule has 0 atom stereocenters. The van der Waals surface area contributed by atoms with Crippen molar-refractivity contribution in [3.05, 3.63) is 35.1 Å². The fourth-order valence-corrected chi connectivity index (χ4v) is 0.782. The number of hydrogen-bond acceptors (Lipinski definition) is 4. The first-order chi connectivity index (χ1) is 6.27. The fourth-order valence-electron chi connectivity index (χ4n) is 0.782. The van der Waals surface area contributed by atoms with E-state index in [1.54, 1.807) is 12.1 Å². The lowest BCUT2D eigenvalue weighted by atomic mass is 10.2. The van der Waals surface area contributed by atoms with E-state index in [1.165, 1.54) is 13.3 Å². The Morgan fingerprint density at radius 3 is 2.92 bits per heavy atom. The molecule has 5 heteroatoms. The number of methoxy groups -OCH3 is 1. The topological polar surface area (TPSA) is 70.5 Å². The summed E-state index contributed by atoms with van der Waals surface area (Å²) in [5.74, 6) is 0.301. The second kappa shape index (κ2) is 4.07. The van der Waals surface area contributed by atoms with E-state index in [9.17, 15) is 5.11 Å². The van der Waals surface area contributed by atoms with Gasteiger partial charge in [-0.15, -0.1) is 0 Å². The van der Waals surface area contributed by atoms with Crippen molar-refractivity contribution in [2.24, 2.45) is 0 Å². The van der Waals surface area contributed by atoms with E-state index in [1.807, 2.05) is 0 Å². The molecule has 0 aliphatic heterocycles. The molecule has 0 radical (unpaired) electrons. The molecule has 0 fully saturated rings. The maximum absolute atomic E-state index is 9.21. The van der Waals surface area contributed by atoms with E-state index in [0.717, 1.165) is 6.20 Å². The minimum Gasteiger partial charge on any atom is -0.501 e. The summed E-state index contributed by atoms with van der Waals surface area (Å²) >= 11 is 0. The molecular weight excluding hydrogens is 170 g/mol. The Morgan fingerprint density at radius 2 is 2.46 bits per heavy atom. The Labute approximate surface area is 74.9 Å². The Balaban J connectivity index is 2.94. The van der Waals surface area contributed by atoms with Crippen molar-refractivity contribution in [1.29, 1.82) is 5.39 Å². The number of rotatable bonds is 2. The van der Waals surface area contributed by atoms with Crippen LogP contribution in [0.1, 0.15) is 5.56 Å². The Kier molecular flexibility index (Phi) is 2.82. The third-order valence-electron chi connectivity index (χ3n) is 1.42. The van der Waals surface area contributed by atoms with Crippen LogP contribution in [-0.4, -0.2) is 17.2 Å². The lowest BCUT2D eigenvalue weighted by molar-refractivity contribution is 0.397. The third kappa shape index (κ3) is 2.17. The van der Waals surface area contributed by atoms with Crippen LogP contribution in [0.3, 0.4) is 0 Å². The van der Waals surface area contributed by atoms with Crippen LogP contribution in [0, 0.1) is 5.39 Å². The number of aliphatic hydroxyl groups is 1. The molecule has 13 heavy (non-hydrogen) atoms. The highest BCUT2D eigenvalue weighted by Crippen LogP contribution is 2.13. The molecule has 1 N–H and O–H groups in total. The van der Waals surface area contributed by atoms with E-state index in [4.69, 9.17) is 10.1 Å². The molecular formula is C8H8N3O2+. The van der Waals surface area contributed by atoms with Crippen molar-refractivity contribution >= 4 is 5.76 Å². The summed E-state index contributed by atoms with van der Waals surface area (Å²) in [6.07, 6.45) is 2.33. The molecule has 0 saturated carbocycles. The van der Waals surface area contributed by atoms with Crippen LogP contribution >= 0.6 is 0 Å². The van der Waals surface area contributed by atoms with Crippen molar-refractivity contribution in [3.8, 4) is 5.88 Å². The average molecular weight is 178 g/mol. The zero-order chi connectivity index (χ0) is 9.68. The van der Waals surface area contributed by atoms with Gasteiger partial charge in [0.25, 0.3) is 0 Å². The molecule has 1 rings (SSSR count). The molecule has 0 aliphatic rings. The standard InChI is InChI=1S/C8H7N3O2/c1-13-8-3-2-6(4-10-8)7(12)5-11-9/h2-5H,1H3/p+1/b7-5+. The summed E-state index contributed by atoms with van der Waals surface area (Å²) in [5, 5.41) is 17.4. The first-order valence-corrected chi connectivity index (χ1v) is 3.51. The number of pyridine rings is 1. The third-order valence-corrected chi connectivity index (χ3v) is 1.42. The molecule has 1 heterocycles. The quantitative estimate of drug-likeness (QED) is 0.553. The highest BCUT2D eigenvalue weighted by Gasteiger charge is 2.04. The molecule has 66 valence electrons. The zero-order valence-corrected chi connectivity index (χ0v) is 7.01. The number of aromatic nitrogens is 1. The van der Waals surface area contributed by atoms with Gasteiger partial charge in [0, 0.05) is 17.8 Å². The predicted octanol–water partition coefficient (Wildman–Crippen LogP) is 1.80. The first-order valence-electron chi connectivity index (χ1n) is 3.51. The van der Waals surface area contributed by atoms with E-state index < -0.39 is 0 Å². The summed E-state index contributed by atoms with van der Waals surface area (Å²) < 4.78 is 4.82. The Bertz CT molecular complexity index is 351. The van der Waals surface area contributed by atoms with Crippen LogP contribution in [0.25, 0.3) is 10.7 Å². The van der Waals surface area contributed by atoms with Gasteiger partial charge >= 0.3 is 6.20 Å². The van der Waals surface area contributed by atoms with Crippen LogP contribution in [0.15, 0.2) is 24.5 Å². The van der Waals surface area contributed by atoms with Gasteiger partial charge in [0.05, 0.1) is 7.11 Å². The summed E-state index contributed by atoms with van der Waals surface area (Å²) in [6, 6.07) is 3.19. The molecule has 0 spiro atoms. The summed E-state index contributed by atoms with van der Waals surface area (Å²) in [6.45, 7) is 0. The average Bonchev–Trinajstić information content (AvgIpc) is 2.18. The van der Waals surface area contributed by atoms with Gasteiger partial charge in [0.1, 0.15) is 0 Å². The minimum atomic E-state index is -0.155. The summed E-state index contributed by atoms with van der Waals surface area (Å²) in [4.78, 5) is 6.54. The van der Waals surface area contributed by atoms with Crippen molar-refractivity contribution in [2.45, 2.75) is 0 Å². The largest absolute Gasteiger partial charge is 0.501 e. The second-order valence-corrected chi connectivity index (χ2v) is 2.22. The van der Waals surface area contributed by atoms with Crippen LogP contribution in [0.5, 0.6) is 5.88 Å². The van der Waals surface area contributed by atoms with Crippen molar-refractivity contribution < 1.29 is 9.84 Å². The molecule has 0 bridgehead atoms. The maximum Gasteiger partial charge on any atom is 0.392 e.